The third-order valence-electron chi connectivity index (χ3n) is 3.00. The number of amides is 1. The van der Waals surface area contributed by atoms with Gasteiger partial charge in [-0.15, -0.1) is 0 Å². The van der Waals surface area contributed by atoms with Crippen LogP contribution in [0.2, 0.25) is 0 Å². The number of aromatic hydroxyl groups is 1. The van der Waals surface area contributed by atoms with Gasteiger partial charge < -0.3 is 10.4 Å². The summed E-state index contributed by atoms with van der Waals surface area (Å²) in [4.78, 5) is 11.9. The van der Waals surface area contributed by atoms with Crippen molar-refractivity contribution in [1.82, 2.24) is 5.32 Å². The van der Waals surface area contributed by atoms with Crippen LogP contribution in [0.4, 0.5) is 0 Å². The van der Waals surface area contributed by atoms with Crippen LogP contribution in [0.5, 0.6) is 5.75 Å². The molecule has 0 radical (unpaired) electrons. The SMILES string of the molecule is O=C(NC1CCS(=O)(=O)CC1)c1cccc(O)c1. The van der Waals surface area contributed by atoms with Gasteiger partial charge in [-0.1, -0.05) is 6.07 Å². The first-order valence-corrected chi connectivity index (χ1v) is 7.59. The molecular formula is C12H15NO4S. The van der Waals surface area contributed by atoms with E-state index in [0.29, 0.717) is 18.4 Å². The molecular weight excluding hydrogens is 254 g/mol. The third-order valence-corrected chi connectivity index (χ3v) is 4.71. The van der Waals surface area contributed by atoms with E-state index in [1.54, 1.807) is 12.1 Å². The highest BCUT2D eigenvalue weighted by atomic mass is 32.2. The van der Waals surface area contributed by atoms with Gasteiger partial charge in [-0.25, -0.2) is 8.42 Å². The lowest BCUT2D eigenvalue weighted by atomic mass is 10.1. The van der Waals surface area contributed by atoms with E-state index >= 15 is 0 Å². The zero-order valence-corrected chi connectivity index (χ0v) is 10.6. The van der Waals surface area contributed by atoms with Crippen molar-refractivity contribution in [2.75, 3.05) is 11.5 Å². The molecule has 1 heterocycles. The van der Waals surface area contributed by atoms with E-state index in [9.17, 15) is 18.3 Å². The number of carbonyl (C=O) groups is 1. The van der Waals surface area contributed by atoms with Crippen LogP contribution in [0.25, 0.3) is 0 Å². The number of phenols is 1. The van der Waals surface area contributed by atoms with Gasteiger partial charge in [-0.2, -0.15) is 0 Å². The molecule has 0 spiro atoms. The van der Waals surface area contributed by atoms with Crippen molar-refractivity contribution >= 4 is 15.7 Å². The van der Waals surface area contributed by atoms with Crippen molar-refractivity contribution < 1.29 is 18.3 Å². The summed E-state index contributed by atoms with van der Waals surface area (Å²) in [5.41, 5.74) is 0.378. The quantitative estimate of drug-likeness (QED) is 0.827. The van der Waals surface area contributed by atoms with Crippen LogP contribution < -0.4 is 5.32 Å². The Morgan fingerprint density at radius 1 is 1.28 bits per heavy atom. The maximum Gasteiger partial charge on any atom is 0.251 e. The topological polar surface area (TPSA) is 83.5 Å². The standard InChI is InChI=1S/C12H15NO4S/c14-11-3-1-2-9(8-11)12(15)13-10-4-6-18(16,17)7-5-10/h1-3,8,10,14H,4-7H2,(H,13,15). The predicted octanol–water partition coefficient (Wildman–Crippen LogP) is 0.699. The maximum atomic E-state index is 11.9. The van der Waals surface area contributed by atoms with Crippen LogP contribution in [0.15, 0.2) is 24.3 Å². The highest BCUT2D eigenvalue weighted by molar-refractivity contribution is 7.91. The van der Waals surface area contributed by atoms with Gasteiger partial charge in [0, 0.05) is 11.6 Å². The average Bonchev–Trinajstić information content (AvgIpc) is 2.32. The Morgan fingerprint density at radius 2 is 1.94 bits per heavy atom. The van der Waals surface area contributed by atoms with Crippen molar-refractivity contribution in [2.45, 2.75) is 18.9 Å². The predicted molar refractivity (Wildman–Crippen MR) is 67.2 cm³/mol. The highest BCUT2D eigenvalue weighted by Crippen LogP contribution is 2.14. The van der Waals surface area contributed by atoms with Gasteiger partial charge in [0.25, 0.3) is 5.91 Å². The molecule has 18 heavy (non-hydrogen) atoms. The van der Waals surface area contributed by atoms with Crippen molar-refractivity contribution in [1.29, 1.82) is 0 Å². The summed E-state index contributed by atoms with van der Waals surface area (Å²) in [5, 5.41) is 12.1. The molecule has 0 bridgehead atoms. The smallest absolute Gasteiger partial charge is 0.251 e. The lowest BCUT2D eigenvalue weighted by Crippen LogP contribution is -2.40. The average molecular weight is 269 g/mol. The van der Waals surface area contributed by atoms with Crippen molar-refractivity contribution in [3.63, 3.8) is 0 Å². The summed E-state index contributed by atoms with van der Waals surface area (Å²) < 4.78 is 22.5. The first-order valence-electron chi connectivity index (χ1n) is 5.76. The van der Waals surface area contributed by atoms with Crippen LogP contribution >= 0.6 is 0 Å². The monoisotopic (exact) mass is 269 g/mol. The number of benzene rings is 1. The molecule has 98 valence electrons. The first-order chi connectivity index (χ1) is 8.46. The number of rotatable bonds is 2. The number of sulfone groups is 1. The van der Waals surface area contributed by atoms with Gasteiger partial charge in [-0.3, -0.25) is 4.79 Å². The minimum absolute atomic E-state index is 0.0360. The lowest BCUT2D eigenvalue weighted by molar-refractivity contribution is 0.0934. The number of carbonyl (C=O) groups excluding carboxylic acids is 1. The molecule has 1 amide bonds. The van der Waals surface area contributed by atoms with E-state index in [2.05, 4.69) is 5.32 Å². The van der Waals surface area contributed by atoms with Crippen LogP contribution in [0, 0.1) is 0 Å². The first kappa shape index (κ1) is 12.9. The van der Waals surface area contributed by atoms with Gasteiger partial charge in [0.2, 0.25) is 0 Å². The highest BCUT2D eigenvalue weighted by Gasteiger charge is 2.24. The Labute approximate surface area is 106 Å². The normalized spacial score (nSPS) is 19.3. The molecule has 0 aliphatic carbocycles. The van der Waals surface area contributed by atoms with Gasteiger partial charge in [0.15, 0.2) is 0 Å². The second-order valence-electron chi connectivity index (χ2n) is 4.45. The number of phenolic OH excluding ortho intramolecular Hbond substituents is 1. The summed E-state index contributed by atoms with van der Waals surface area (Å²) in [6.07, 6.45) is 0.903. The molecule has 1 aliphatic heterocycles. The summed E-state index contributed by atoms with van der Waals surface area (Å²) in [5.74, 6) is -0.000227. The summed E-state index contributed by atoms with van der Waals surface area (Å²) in [7, 11) is -2.91. The van der Waals surface area contributed by atoms with Crippen molar-refractivity contribution in [3.05, 3.63) is 29.8 Å². The molecule has 1 aromatic carbocycles. The Balaban J connectivity index is 1.97. The molecule has 0 aromatic heterocycles. The zero-order valence-electron chi connectivity index (χ0n) is 9.80. The molecule has 0 atom stereocenters. The molecule has 0 saturated carbocycles. The molecule has 2 rings (SSSR count). The molecule has 1 saturated heterocycles. The lowest BCUT2D eigenvalue weighted by Gasteiger charge is -2.23. The van der Waals surface area contributed by atoms with Crippen LogP contribution in [-0.2, 0) is 9.84 Å². The largest absolute Gasteiger partial charge is 0.508 e. The fourth-order valence-electron chi connectivity index (χ4n) is 1.95. The number of hydrogen-bond donors (Lipinski definition) is 2. The summed E-state index contributed by atoms with van der Waals surface area (Å²) in [6, 6.07) is 5.96. The van der Waals surface area contributed by atoms with Gasteiger partial charge in [0.1, 0.15) is 15.6 Å². The van der Waals surface area contributed by atoms with E-state index in [-0.39, 0.29) is 29.2 Å². The minimum Gasteiger partial charge on any atom is -0.508 e. The van der Waals surface area contributed by atoms with Crippen molar-refractivity contribution in [2.24, 2.45) is 0 Å². The van der Waals surface area contributed by atoms with E-state index in [4.69, 9.17) is 0 Å². The molecule has 1 aliphatic rings. The molecule has 5 nitrogen and oxygen atoms in total. The Bertz CT molecular complexity index is 539. The van der Waals surface area contributed by atoms with Gasteiger partial charge in [0.05, 0.1) is 11.5 Å². The van der Waals surface area contributed by atoms with Crippen LogP contribution in [-0.4, -0.2) is 37.0 Å². The fourth-order valence-corrected chi connectivity index (χ4v) is 3.44. The molecule has 0 unspecified atom stereocenters. The second-order valence-corrected chi connectivity index (χ2v) is 6.75. The van der Waals surface area contributed by atoms with E-state index in [0.717, 1.165) is 0 Å². The summed E-state index contributed by atoms with van der Waals surface area (Å²) in [6.45, 7) is 0. The second kappa shape index (κ2) is 4.97. The van der Waals surface area contributed by atoms with Gasteiger partial charge >= 0.3 is 0 Å². The molecule has 2 N–H and O–H groups in total. The van der Waals surface area contributed by atoms with Crippen LogP contribution in [0.1, 0.15) is 23.2 Å². The maximum absolute atomic E-state index is 11.9. The third kappa shape index (κ3) is 3.22. The minimum atomic E-state index is -2.91. The van der Waals surface area contributed by atoms with E-state index in [1.165, 1.54) is 12.1 Å². The molecule has 1 aromatic rings. The molecule has 6 heteroatoms. The number of nitrogens with one attached hydrogen (secondary N) is 1. The van der Waals surface area contributed by atoms with Gasteiger partial charge in [-0.05, 0) is 31.0 Å². The fraction of sp³-hybridized carbons (Fsp3) is 0.417. The van der Waals surface area contributed by atoms with Crippen LogP contribution in [0.3, 0.4) is 0 Å². The van der Waals surface area contributed by atoms with E-state index in [1.807, 2.05) is 0 Å². The molecule has 1 fully saturated rings. The zero-order chi connectivity index (χ0) is 13.2. The Kier molecular flexibility index (Phi) is 3.56. The van der Waals surface area contributed by atoms with E-state index < -0.39 is 9.84 Å². The number of hydrogen-bond acceptors (Lipinski definition) is 4. The Morgan fingerprint density at radius 3 is 2.56 bits per heavy atom. The van der Waals surface area contributed by atoms with Crippen molar-refractivity contribution in [3.8, 4) is 5.75 Å². The Hall–Kier alpha value is -1.56. The summed E-state index contributed by atoms with van der Waals surface area (Å²) >= 11 is 0.